The fraction of sp³-hybridized carbons (Fsp3) is 0.391. The number of amides is 2. The number of carbonyl (C=O) groups excluding carboxylic acids is 2. The average molecular weight is 377 g/mol. The largest absolute Gasteiger partial charge is 0.368 e. The van der Waals surface area contributed by atoms with Crippen molar-refractivity contribution in [1.82, 2.24) is 4.90 Å². The van der Waals surface area contributed by atoms with Gasteiger partial charge in [0.1, 0.15) is 0 Å². The van der Waals surface area contributed by atoms with Gasteiger partial charge in [0.25, 0.3) is 5.91 Å². The molecule has 0 N–H and O–H groups in total. The standard InChI is InChI=1S/C23H27N3O2/c1-17-6-3-8-20(14-17)24-12-13-25(18(2)16-24)23(28)19-7-4-9-21(15-19)26-11-5-10-22(26)27/h3-4,6-9,14-15,18H,5,10-13,16H2,1-2H3/t18-/m0/s1. The first kappa shape index (κ1) is 18.5. The van der Waals surface area contributed by atoms with Crippen LogP contribution in [0.2, 0.25) is 0 Å². The number of nitrogens with zero attached hydrogens (tertiary/aromatic N) is 3. The van der Waals surface area contributed by atoms with Crippen LogP contribution in [0, 0.1) is 6.92 Å². The Morgan fingerprint density at radius 3 is 2.50 bits per heavy atom. The van der Waals surface area contributed by atoms with E-state index in [1.165, 1.54) is 11.3 Å². The quantitative estimate of drug-likeness (QED) is 0.823. The minimum absolute atomic E-state index is 0.0462. The number of hydrogen-bond donors (Lipinski definition) is 0. The van der Waals surface area contributed by atoms with Crippen LogP contribution in [-0.2, 0) is 4.79 Å². The molecule has 4 rings (SSSR count). The van der Waals surface area contributed by atoms with E-state index < -0.39 is 0 Å². The third-order valence-corrected chi connectivity index (χ3v) is 5.73. The highest BCUT2D eigenvalue weighted by molar-refractivity contribution is 5.99. The molecule has 2 amide bonds. The van der Waals surface area contributed by atoms with Gasteiger partial charge in [-0.25, -0.2) is 0 Å². The molecule has 5 nitrogen and oxygen atoms in total. The summed E-state index contributed by atoms with van der Waals surface area (Å²) in [6, 6.07) is 16.1. The van der Waals surface area contributed by atoms with Crippen molar-refractivity contribution in [3.8, 4) is 0 Å². The first-order chi connectivity index (χ1) is 13.5. The van der Waals surface area contributed by atoms with E-state index in [-0.39, 0.29) is 17.9 Å². The molecule has 0 aliphatic carbocycles. The lowest BCUT2D eigenvalue weighted by Crippen LogP contribution is -2.54. The second-order valence-electron chi connectivity index (χ2n) is 7.83. The molecule has 2 aliphatic rings. The van der Waals surface area contributed by atoms with Gasteiger partial charge in [-0.2, -0.15) is 0 Å². The van der Waals surface area contributed by atoms with Gasteiger partial charge in [-0.15, -0.1) is 0 Å². The highest BCUT2D eigenvalue weighted by Gasteiger charge is 2.29. The van der Waals surface area contributed by atoms with E-state index in [4.69, 9.17) is 0 Å². The van der Waals surface area contributed by atoms with Crippen molar-refractivity contribution in [1.29, 1.82) is 0 Å². The topological polar surface area (TPSA) is 43.9 Å². The molecule has 0 aromatic heterocycles. The first-order valence-electron chi connectivity index (χ1n) is 10.1. The SMILES string of the molecule is Cc1cccc(N2CCN(C(=O)c3cccc(N4CCCC4=O)c3)[C@@H](C)C2)c1. The smallest absolute Gasteiger partial charge is 0.254 e. The van der Waals surface area contributed by atoms with Crippen LogP contribution < -0.4 is 9.80 Å². The van der Waals surface area contributed by atoms with Crippen LogP contribution in [0.25, 0.3) is 0 Å². The van der Waals surface area contributed by atoms with Crippen LogP contribution in [0.5, 0.6) is 0 Å². The Kier molecular flexibility index (Phi) is 5.07. The first-order valence-corrected chi connectivity index (χ1v) is 10.1. The lowest BCUT2D eigenvalue weighted by atomic mass is 10.1. The maximum absolute atomic E-state index is 13.2. The summed E-state index contributed by atoms with van der Waals surface area (Å²) in [5, 5.41) is 0. The number of hydrogen-bond acceptors (Lipinski definition) is 3. The molecule has 2 saturated heterocycles. The van der Waals surface area contributed by atoms with Gasteiger partial charge in [-0.1, -0.05) is 18.2 Å². The molecular weight excluding hydrogens is 350 g/mol. The number of aryl methyl sites for hydroxylation is 1. The molecule has 2 fully saturated rings. The van der Waals surface area contributed by atoms with Gasteiger partial charge in [-0.3, -0.25) is 9.59 Å². The molecular formula is C23H27N3O2. The van der Waals surface area contributed by atoms with Crippen molar-refractivity contribution in [2.24, 2.45) is 0 Å². The molecule has 0 radical (unpaired) electrons. The van der Waals surface area contributed by atoms with E-state index in [2.05, 4.69) is 43.0 Å². The molecule has 0 spiro atoms. The molecule has 0 bridgehead atoms. The Hall–Kier alpha value is -2.82. The van der Waals surface area contributed by atoms with Crippen LogP contribution in [0.3, 0.4) is 0 Å². The summed E-state index contributed by atoms with van der Waals surface area (Å²) < 4.78 is 0. The van der Waals surface area contributed by atoms with E-state index in [0.717, 1.165) is 31.7 Å². The minimum atomic E-state index is 0.0462. The average Bonchev–Trinajstić information content (AvgIpc) is 3.13. The molecule has 2 aromatic carbocycles. The molecule has 28 heavy (non-hydrogen) atoms. The van der Waals surface area contributed by atoms with Crippen molar-refractivity contribution in [3.63, 3.8) is 0 Å². The molecule has 0 unspecified atom stereocenters. The zero-order valence-corrected chi connectivity index (χ0v) is 16.6. The lowest BCUT2D eigenvalue weighted by Gasteiger charge is -2.41. The third-order valence-electron chi connectivity index (χ3n) is 5.73. The number of benzene rings is 2. The Bertz CT molecular complexity index is 895. The van der Waals surface area contributed by atoms with Crippen molar-refractivity contribution >= 4 is 23.2 Å². The molecule has 5 heteroatoms. The Labute approximate surface area is 166 Å². The number of carbonyl (C=O) groups is 2. The molecule has 146 valence electrons. The maximum atomic E-state index is 13.2. The summed E-state index contributed by atoms with van der Waals surface area (Å²) in [5.41, 5.74) is 3.96. The van der Waals surface area contributed by atoms with Crippen molar-refractivity contribution in [2.75, 3.05) is 36.0 Å². The zero-order chi connectivity index (χ0) is 19.7. The highest BCUT2D eigenvalue weighted by atomic mass is 16.2. The number of rotatable bonds is 3. The van der Waals surface area contributed by atoms with Crippen molar-refractivity contribution in [2.45, 2.75) is 32.7 Å². The van der Waals surface area contributed by atoms with E-state index in [1.807, 2.05) is 29.2 Å². The van der Waals surface area contributed by atoms with E-state index >= 15 is 0 Å². The minimum Gasteiger partial charge on any atom is -0.368 e. The van der Waals surface area contributed by atoms with Gasteiger partial charge in [0, 0.05) is 55.6 Å². The monoisotopic (exact) mass is 377 g/mol. The Morgan fingerprint density at radius 1 is 1.00 bits per heavy atom. The summed E-state index contributed by atoms with van der Waals surface area (Å²) in [4.78, 5) is 31.3. The highest BCUT2D eigenvalue weighted by Crippen LogP contribution is 2.25. The second-order valence-corrected chi connectivity index (χ2v) is 7.83. The van der Waals surface area contributed by atoms with Gasteiger partial charge in [0.05, 0.1) is 0 Å². The van der Waals surface area contributed by atoms with Crippen LogP contribution in [0.4, 0.5) is 11.4 Å². The van der Waals surface area contributed by atoms with E-state index in [9.17, 15) is 9.59 Å². The fourth-order valence-electron chi connectivity index (χ4n) is 4.21. The number of anilines is 2. The molecule has 2 aliphatic heterocycles. The molecule has 2 heterocycles. The fourth-order valence-corrected chi connectivity index (χ4v) is 4.21. The third kappa shape index (κ3) is 3.61. The normalized spacial score (nSPS) is 20.0. The van der Waals surface area contributed by atoms with E-state index in [1.54, 1.807) is 4.90 Å². The van der Waals surface area contributed by atoms with Gasteiger partial charge in [0.15, 0.2) is 0 Å². The maximum Gasteiger partial charge on any atom is 0.254 e. The summed E-state index contributed by atoms with van der Waals surface area (Å²) in [5.74, 6) is 0.189. The Balaban J connectivity index is 1.48. The van der Waals surface area contributed by atoms with Gasteiger partial charge in [-0.05, 0) is 56.2 Å². The van der Waals surface area contributed by atoms with Crippen LogP contribution >= 0.6 is 0 Å². The predicted octanol–water partition coefficient (Wildman–Crippen LogP) is 3.47. The lowest BCUT2D eigenvalue weighted by molar-refractivity contribution is -0.117. The van der Waals surface area contributed by atoms with Crippen molar-refractivity contribution < 1.29 is 9.59 Å². The van der Waals surface area contributed by atoms with Crippen LogP contribution in [-0.4, -0.2) is 48.9 Å². The van der Waals surface area contributed by atoms with Gasteiger partial charge < -0.3 is 14.7 Å². The Morgan fingerprint density at radius 2 is 1.79 bits per heavy atom. The molecule has 0 saturated carbocycles. The number of piperazine rings is 1. The predicted molar refractivity (Wildman–Crippen MR) is 112 cm³/mol. The van der Waals surface area contributed by atoms with Crippen LogP contribution in [0.15, 0.2) is 48.5 Å². The van der Waals surface area contributed by atoms with Gasteiger partial charge >= 0.3 is 0 Å². The molecule has 2 aromatic rings. The summed E-state index contributed by atoms with van der Waals surface area (Å²) in [7, 11) is 0. The zero-order valence-electron chi connectivity index (χ0n) is 16.6. The molecule has 1 atom stereocenters. The van der Waals surface area contributed by atoms with Crippen molar-refractivity contribution in [3.05, 3.63) is 59.7 Å². The van der Waals surface area contributed by atoms with E-state index in [0.29, 0.717) is 18.5 Å². The second kappa shape index (κ2) is 7.66. The summed E-state index contributed by atoms with van der Waals surface area (Å²) in [6.45, 7) is 7.28. The summed E-state index contributed by atoms with van der Waals surface area (Å²) >= 11 is 0. The summed E-state index contributed by atoms with van der Waals surface area (Å²) in [6.07, 6.45) is 1.48. The van der Waals surface area contributed by atoms with Gasteiger partial charge in [0.2, 0.25) is 5.91 Å². The van der Waals surface area contributed by atoms with Crippen LogP contribution in [0.1, 0.15) is 35.7 Å².